The van der Waals surface area contributed by atoms with Crippen LogP contribution in [0, 0.1) is 0 Å². The van der Waals surface area contributed by atoms with Gasteiger partial charge in [-0.3, -0.25) is 9.69 Å². The number of carbonyl (C=O) groups is 1. The van der Waals surface area contributed by atoms with Crippen LogP contribution in [-0.4, -0.2) is 49.9 Å². The molecule has 0 spiro atoms. The third-order valence-corrected chi connectivity index (χ3v) is 5.66. The molecule has 0 saturated carbocycles. The average Bonchev–Trinajstić information content (AvgIpc) is 2.78. The number of likely N-dealkylation sites (N-methyl/N-ethyl adjacent to an activating group) is 1. The SMILES string of the molecule is CC(C(=O)NC1CCS(=O)(=O)C1)N(C)Cc1ccccc1. The maximum atomic E-state index is 12.2. The molecule has 2 rings (SSSR count). The first-order valence-electron chi connectivity index (χ1n) is 7.12. The van der Waals surface area contributed by atoms with Gasteiger partial charge in [0.05, 0.1) is 17.5 Å². The normalized spacial score (nSPS) is 22.1. The first-order chi connectivity index (χ1) is 9.87. The summed E-state index contributed by atoms with van der Waals surface area (Å²) in [5, 5.41) is 2.84. The van der Waals surface area contributed by atoms with Gasteiger partial charge in [0.1, 0.15) is 0 Å². The Bertz CT molecular complexity index is 586. The molecule has 1 fully saturated rings. The second kappa shape index (κ2) is 6.58. The Balaban J connectivity index is 1.87. The van der Waals surface area contributed by atoms with Crippen LogP contribution in [0.25, 0.3) is 0 Å². The number of hydrogen-bond donors (Lipinski definition) is 1. The Labute approximate surface area is 126 Å². The van der Waals surface area contributed by atoms with Crippen molar-refractivity contribution in [2.75, 3.05) is 18.6 Å². The topological polar surface area (TPSA) is 66.5 Å². The molecule has 1 aliphatic heterocycles. The van der Waals surface area contributed by atoms with Crippen molar-refractivity contribution >= 4 is 15.7 Å². The fourth-order valence-corrected chi connectivity index (χ4v) is 4.11. The molecule has 1 aliphatic rings. The molecule has 0 radical (unpaired) electrons. The number of nitrogens with one attached hydrogen (secondary N) is 1. The zero-order valence-electron chi connectivity index (χ0n) is 12.5. The Morgan fingerprint density at radius 3 is 2.62 bits per heavy atom. The van der Waals surface area contributed by atoms with E-state index in [0.717, 1.165) is 5.56 Å². The van der Waals surface area contributed by atoms with E-state index in [-0.39, 0.29) is 29.5 Å². The molecule has 0 aliphatic carbocycles. The number of carbonyl (C=O) groups excluding carboxylic acids is 1. The van der Waals surface area contributed by atoms with Crippen LogP contribution in [0.15, 0.2) is 30.3 Å². The van der Waals surface area contributed by atoms with E-state index < -0.39 is 9.84 Å². The Kier molecular flexibility index (Phi) is 5.00. The molecule has 6 heteroatoms. The summed E-state index contributed by atoms with van der Waals surface area (Å²) in [4.78, 5) is 14.1. The van der Waals surface area contributed by atoms with Gasteiger partial charge in [0.15, 0.2) is 9.84 Å². The van der Waals surface area contributed by atoms with Crippen molar-refractivity contribution in [1.82, 2.24) is 10.2 Å². The number of amides is 1. The second-order valence-corrected chi connectivity index (χ2v) is 7.91. The molecule has 116 valence electrons. The lowest BCUT2D eigenvalue weighted by Gasteiger charge is -2.25. The van der Waals surface area contributed by atoms with Crippen molar-refractivity contribution < 1.29 is 13.2 Å². The lowest BCUT2D eigenvalue weighted by molar-refractivity contribution is -0.126. The smallest absolute Gasteiger partial charge is 0.237 e. The standard InChI is InChI=1S/C15H22N2O3S/c1-12(17(2)10-13-6-4-3-5-7-13)15(18)16-14-8-9-21(19,20)11-14/h3-7,12,14H,8-11H2,1-2H3,(H,16,18). The minimum Gasteiger partial charge on any atom is -0.351 e. The number of hydrogen-bond acceptors (Lipinski definition) is 4. The predicted octanol–water partition coefficient (Wildman–Crippen LogP) is 0.810. The number of rotatable bonds is 5. The lowest BCUT2D eigenvalue weighted by atomic mass is 10.1. The van der Waals surface area contributed by atoms with Gasteiger partial charge in [-0.15, -0.1) is 0 Å². The zero-order valence-corrected chi connectivity index (χ0v) is 13.3. The predicted molar refractivity (Wildman–Crippen MR) is 82.6 cm³/mol. The third-order valence-electron chi connectivity index (χ3n) is 3.89. The summed E-state index contributed by atoms with van der Waals surface area (Å²) >= 11 is 0. The van der Waals surface area contributed by atoms with E-state index >= 15 is 0 Å². The summed E-state index contributed by atoms with van der Waals surface area (Å²) in [6, 6.07) is 9.40. The van der Waals surface area contributed by atoms with E-state index in [9.17, 15) is 13.2 Å². The fourth-order valence-electron chi connectivity index (χ4n) is 2.44. The van der Waals surface area contributed by atoms with E-state index in [1.54, 1.807) is 0 Å². The molecule has 5 nitrogen and oxygen atoms in total. The van der Waals surface area contributed by atoms with E-state index in [2.05, 4.69) is 5.32 Å². The van der Waals surface area contributed by atoms with Gasteiger partial charge in [-0.25, -0.2) is 8.42 Å². The molecule has 1 amide bonds. The highest BCUT2D eigenvalue weighted by molar-refractivity contribution is 7.91. The maximum absolute atomic E-state index is 12.2. The van der Waals surface area contributed by atoms with Crippen LogP contribution in [0.3, 0.4) is 0 Å². The molecule has 0 aromatic heterocycles. The summed E-state index contributed by atoms with van der Waals surface area (Å²) < 4.78 is 22.8. The lowest BCUT2D eigenvalue weighted by Crippen LogP contribution is -2.47. The first-order valence-corrected chi connectivity index (χ1v) is 8.94. The average molecular weight is 310 g/mol. The quantitative estimate of drug-likeness (QED) is 0.874. The highest BCUT2D eigenvalue weighted by Gasteiger charge is 2.30. The van der Waals surface area contributed by atoms with Gasteiger partial charge in [0.25, 0.3) is 0 Å². The highest BCUT2D eigenvalue weighted by atomic mass is 32.2. The van der Waals surface area contributed by atoms with E-state index in [1.807, 2.05) is 49.2 Å². The molecule has 2 atom stereocenters. The summed E-state index contributed by atoms with van der Waals surface area (Å²) in [6.45, 7) is 2.51. The number of sulfone groups is 1. The molecular weight excluding hydrogens is 288 g/mol. The van der Waals surface area contributed by atoms with Gasteiger partial charge in [-0.1, -0.05) is 30.3 Å². The molecular formula is C15H22N2O3S. The van der Waals surface area contributed by atoms with Crippen LogP contribution >= 0.6 is 0 Å². The van der Waals surface area contributed by atoms with Crippen molar-refractivity contribution in [2.24, 2.45) is 0 Å². The van der Waals surface area contributed by atoms with E-state index in [1.165, 1.54) is 0 Å². The monoisotopic (exact) mass is 310 g/mol. The van der Waals surface area contributed by atoms with Gasteiger partial charge in [-0.05, 0) is 26.0 Å². The van der Waals surface area contributed by atoms with Crippen molar-refractivity contribution in [1.29, 1.82) is 0 Å². The summed E-state index contributed by atoms with van der Waals surface area (Å²) in [5.74, 6) is 0.121. The van der Waals surface area contributed by atoms with Crippen LogP contribution < -0.4 is 5.32 Å². The second-order valence-electron chi connectivity index (χ2n) is 5.69. The molecule has 1 N–H and O–H groups in total. The van der Waals surface area contributed by atoms with Crippen LogP contribution in [-0.2, 0) is 21.2 Å². The molecule has 1 aromatic rings. The summed E-state index contributed by atoms with van der Waals surface area (Å²) in [7, 11) is -1.07. The van der Waals surface area contributed by atoms with Gasteiger partial charge >= 0.3 is 0 Å². The largest absolute Gasteiger partial charge is 0.351 e. The van der Waals surface area contributed by atoms with E-state index in [0.29, 0.717) is 13.0 Å². The van der Waals surface area contributed by atoms with Crippen LogP contribution in [0.4, 0.5) is 0 Å². The van der Waals surface area contributed by atoms with Gasteiger partial charge in [0, 0.05) is 12.6 Å². The minimum absolute atomic E-state index is 0.0634. The number of benzene rings is 1. The summed E-state index contributed by atoms with van der Waals surface area (Å²) in [5.41, 5.74) is 1.14. The molecule has 0 bridgehead atoms. The Morgan fingerprint density at radius 2 is 2.05 bits per heavy atom. The van der Waals surface area contributed by atoms with Crippen molar-refractivity contribution in [3.05, 3.63) is 35.9 Å². The Morgan fingerprint density at radius 1 is 1.38 bits per heavy atom. The first kappa shape index (κ1) is 16.0. The molecule has 21 heavy (non-hydrogen) atoms. The molecule has 1 aromatic carbocycles. The zero-order chi connectivity index (χ0) is 15.5. The van der Waals surface area contributed by atoms with Gasteiger partial charge in [-0.2, -0.15) is 0 Å². The Hall–Kier alpha value is -1.40. The maximum Gasteiger partial charge on any atom is 0.237 e. The van der Waals surface area contributed by atoms with Crippen molar-refractivity contribution in [2.45, 2.75) is 32.0 Å². The molecule has 1 heterocycles. The summed E-state index contributed by atoms with van der Waals surface area (Å²) in [6.07, 6.45) is 0.517. The van der Waals surface area contributed by atoms with Crippen molar-refractivity contribution in [3.8, 4) is 0 Å². The van der Waals surface area contributed by atoms with Gasteiger partial charge in [0.2, 0.25) is 5.91 Å². The van der Waals surface area contributed by atoms with Crippen LogP contribution in [0.5, 0.6) is 0 Å². The fraction of sp³-hybridized carbons (Fsp3) is 0.533. The molecule has 1 saturated heterocycles. The molecule has 2 unspecified atom stereocenters. The van der Waals surface area contributed by atoms with E-state index in [4.69, 9.17) is 0 Å². The highest BCUT2D eigenvalue weighted by Crippen LogP contribution is 2.12. The number of nitrogens with zero attached hydrogens (tertiary/aromatic N) is 1. The van der Waals surface area contributed by atoms with Gasteiger partial charge < -0.3 is 5.32 Å². The third kappa shape index (κ3) is 4.54. The van der Waals surface area contributed by atoms with Crippen molar-refractivity contribution in [3.63, 3.8) is 0 Å². The van der Waals surface area contributed by atoms with Crippen LogP contribution in [0.2, 0.25) is 0 Å². The van der Waals surface area contributed by atoms with Crippen LogP contribution in [0.1, 0.15) is 18.9 Å². The minimum atomic E-state index is -2.96.